The van der Waals surface area contributed by atoms with E-state index in [-0.39, 0.29) is 18.8 Å². The number of hydrogen-bond donors (Lipinski definition) is 2. The molecule has 19 heavy (non-hydrogen) atoms. The summed E-state index contributed by atoms with van der Waals surface area (Å²) in [6.45, 7) is 6.64. The van der Waals surface area contributed by atoms with Crippen molar-refractivity contribution < 1.29 is 28.6 Å². The van der Waals surface area contributed by atoms with E-state index < -0.39 is 25.6 Å². The first kappa shape index (κ1) is 16.8. The molecular formula is C12H23O6P. The first-order valence-corrected chi connectivity index (χ1v) is 7.99. The van der Waals surface area contributed by atoms with Crippen LogP contribution in [0.4, 0.5) is 0 Å². The van der Waals surface area contributed by atoms with Gasteiger partial charge in [-0.25, -0.2) is 0 Å². The Kier molecular flexibility index (Phi) is 6.17. The Morgan fingerprint density at radius 3 is 2.16 bits per heavy atom. The highest BCUT2D eigenvalue weighted by atomic mass is 31.2. The third-order valence-electron chi connectivity index (χ3n) is 2.38. The van der Waals surface area contributed by atoms with Crippen LogP contribution in [-0.4, -0.2) is 47.1 Å². The molecule has 112 valence electrons. The first-order valence-electron chi connectivity index (χ1n) is 6.37. The monoisotopic (exact) mass is 294 g/mol. The van der Waals surface area contributed by atoms with Gasteiger partial charge in [0.05, 0.1) is 18.8 Å². The van der Waals surface area contributed by atoms with Crippen molar-refractivity contribution in [3.63, 3.8) is 0 Å². The zero-order valence-corrected chi connectivity index (χ0v) is 12.6. The van der Waals surface area contributed by atoms with Crippen molar-refractivity contribution in [3.8, 4) is 0 Å². The van der Waals surface area contributed by atoms with Gasteiger partial charge in [-0.1, -0.05) is 6.08 Å². The predicted octanol–water partition coefficient (Wildman–Crippen LogP) is 1.66. The van der Waals surface area contributed by atoms with E-state index in [4.69, 9.17) is 18.9 Å². The molecule has 0 aromatic rings. The minimum atomic E-state index is -3.52. The van der Waals surface area contributed by atoms with Crippen LogP contribution in [0.1, 0.15) is 27.7 Å². The Balaban J connectivity index is 2.92. The van der Waals surface area contributed by atoms with E-state index in [1.54, 1.807) is 27.7 Å². The molecule has 1 aliphatic rings. The van der Waals surface area contributed by atoms with Crippen molar-refractivity contribution in [2.24, 2.45) is 0 Å². The molecule has 0 aromatic heterocycles. The van der Waals surface area contributed by atoms with Gasteiger partial charge in [0.25, 0.3) is 0 Å². The van der Waals surface area contributed by atoms with Gasteiger partial charge >= 0.3 is 7.60 Å². The van der Waals surface area contributed by atoms with Crippen LogP contribution in [0.15, 0.2) is 12.2 Å². The van der Waals surface area contributed by atoms with Gasteiger partial charge in [0, 0.05) is 0 Å². The van der Waals surface area contributed by atoms with Gasteiger partial charge in [-0.05, 0) is 33.8 Å². The Bertz CT molecular complexity index is 340. The molecule has 3 atom stereocenters. The maximum atomic E-state index is 12.8. The summed E-state index contributed by atoms with van der Waals surface area (Å²) in [4.78, 5) is 0. The largest absolute Gasteiger partial charge is 0.394 e. The van der Waals surface area contributed by atoms with E-state index >= 15 is 0 Å². The predicted molar refractivity (Wildman–Crippen MR) is 70.9 cm³/mol. The molecule has 6 nitrogen and oxygen atoms in total. The Labute approximate surface area is 113 Å². The average molecular weight is 294 g/mol. The zero-order chi connectivity index (χ0) is 14.6. The number of ether oxygens (including phenoxy) is 1. The molecule has 0 radical (unpaired) electrons. The van der Waals surface area contributed by atoms with Crippen LogP contribution < -0.4 is 0 Å². The average Bonchev–Trinajstić information content (AvgIpc) is 2.27. The first-order chi connectivity index (χ1) is 8.78. The second kappa shape index (κ2) is 6.97. The molecule has 0 saturated carbocycles. The van der Waals surface area contributed by atoms with Crippen LogP contribution in [0.5, 0.6) is 0 Å². The summed E-state index contributed by atoms with van der Waals surface area (Å²) in [7, 11) is -3.52. The van der Waals surface area contributed by atoms with Gasteiger partial charge in [0.15, 0.2) is 5.85 Å². The molecule has 0 aliphatic carbocycles. The lowest BCUT2D eigenvalue weighted by molar-refractivity contribution is -0.0664. The smallest absolute Gasteiger partial charge is 0.363 e. The van der Waals surface area contributed by atoms with Gasteiger partial charge in [-0.2, -0.15) is 0 Å². The van der Waals surface area contributed by atoms with Crippen molar-refractivity contribution >= 4 is 7.60 Å². The van der Waals surface area contributed by atoms with Crippen LogP contribution in [-0.2, 0) is 18.3 Å². The number of aliphatic hydroxyl groups is 2. The summed E-state index contributed by atoms with van der Waals surface area (Å²) < 4.78 is 29.0. The van der Waals surface area contributed by atoms with E-state index in [1.165, 1.54) is 12.2 Å². The molecule has 0 saturated heterocycles. The highest BCUT2D eigenvalue weighted by Gasteiger charge is 2.41. The Hall–Kier alpha value is -0.230. The maximum absolute atomic E-state index is 12.8. The van der Waals surface area contributed by atoms with E-state index in [9.17, 15) is 9.67 Å². The maximum Gasteiger partial charge on any atom is 0.363 e. The van der Waals surface area contributed by atoms with Crippen LogP contribution in [0.2, 0.25) is 0 Å². The topological polar surface area (TPSA) is 85.2 Å². The Morgan fingerprint density at radius 2 is 1.74 bits per heavy atom. The SMILES string of the molecule is CC(C)OP(=O)(OC(C)C)C1C=C[C@@H](O)[C@H](CO)O1. The van der Waals surface area contributed by atoms with Crippen LogP contribution in [0, 0.1) is 0 Å². The molecular weight excluding hydrogens is 271 g/mol. The van der Waals surface area contributed by atoms with E-state index in [0.717, 1.165) is 0 Å². The Morgan fingerprint density at radius 1 is 1.21 bits per heavy atom. The number of rotatable bonds is 6. The number of aliphatic hydroxyl groups excluding tert-OH is 2. The van der Waals surface area contributed by atoms with Gasteiger partial charge in [0.1, 0.15) is 12.2 Å². The summed E-state index contributed by atoms with van der Waals surface area (Å²) in [6, 6.07) is 0. The highest BCUT2D eigenvalue weighted by Crippen LogP contribution is 2.57. The van der Waals surface area contributed by atoms with Crippen molar-refractivity contribution in [1.29, 1.82) is 0 Å². The molecule has 0 aromatic carbocycles. The molecule has 0 amide bonds. The van der Waals surface area contributed by atoms with Gasteiger partial charge in [-0.3, -0.25) is 4.57 Å². The molecule has 1 aliphatic heterocycles. The fraction of sp³-hybridized carbons (Fsp3) is 0.833. The molecule has 2 N–H and O–H groups in total. The van der Waals surface area contributed by atoms with Crippen LogP contribution in [0.3, 0.4) is 0 Å². The van der Waals surface area contributed by atoms with Gasteiger partial charge in [-0.15, -0.1) is 0 Å². The van der Waals surface area contributed by atoms with Gasteiger partial charge < -0.3 is 24.0 Å². The standard InChI is InChI=1S/C12H23O6P/c1-8(2)17-19(15,18-9(3)4)12-6-5-10(14)11(7-13)16-12/h5-6,8-14H,7H2,1-4H3/t10-,11+,12?/m1/s1. The van der Waals surface area contributed by atoms with Crippen LogP contribution >= 0.6 is 7.60 Å². The van der Waals surface area contributed by atoms with E-state index in [1.807, 2.05) is 0 Å². The molecule has 0 fully saturated rings. The summed E-state index contributed by atoms with van der Waals surface area (Å²) >= 11 is 0. The fourth-order valence-electron chi connectivity index (χ4n) is 1.70. The summed E-state index contributed by atoms with van der Waals surface area (Å²) in [6.07, 6.45) is 0.571. The third kappa shape index (κ3) is 4.67. The minimum Gasteiger partial charge on any atom is -0.394 e. The van der Waals surface area contributed by atoms with Crippen molar-refractivity contribution in [1.82, 2.24) is 0 Å². The third-order valence-corrected chi connectivity index (χ3v) is 4.72. The van der Waals surface area contributed by atoms with Crippen molar-refractivity contribution in [2.45, 2.75) is 58.0 Å². The lowest BCUT2D eigenvalue weighted by Gasteiger charge is -2.33. The molecule has 0 spiro atoms. The molecule has 7 heteroatoms. The summed E-state index contributed by atoms with van der Waals surface area (Å²) in [5.41, 5.74) is 0. The molecule has 0 bridgehead atoms. The number of hydrogen-bond acceptors (Lipinski definition) is 6. The van der Waals surface area contributed by atoms with E-state index in [2.05, 4.69) is 0 Å². The van der Waals surface area contributed by atoms with Crippen molar-refractivity contribution in [3.05, 3.63) is 12.2 Å². The van der Waals surface area contributed by atoms with Crippen LogP contribution in [0.25, 0.3) is 0 Å². The summed E-state index contributed by atoms with van der Waals surface area (Å²) in [5.74, 6) is -0.919. The van der Waals surface area contributed by atoms with Crippen molar-refractivity contribution in [2.75, 3.05) is 6.61 Å². The van der Waals surface area contributed by atoms with E-state index in [0.29, 0.717) is 0 Å². The summed E-state index contributed by atoms with van der Waals surface area (Å²) in [5, 5.41) is 18.7. The van der Waals surface area contributed by atoms with Gasteiger partial charge in [0.2, 0.25) is 0 Å². The fourth-order valence-corrected chi connectivity index (χ4v) is 3.78. The lowest BCUT2D eigenvalue weighted by Crippen LogP contribution is -2.38. The quantitative estimate of drug-likeness (QED) is 0.572. The zero-order valence-electron chi connectivity index (χ0n) is 11.7. The second-order valence-corrected chi connectivity index (χ2v) is 6.98. The molecule has 1 rings (SSSR count). The minimum absolute atomic E-state index is 0.291. The molecule has 1 heterocycles. The normalized spacial score (nSPS) is 28.3. The highest BCUT2D eigenvalue weighted by molar-refractivity contribution is 7.54. The lowest BCUT2D eigenvalue weighted by atomic mass is 10.1. The second-order valence-electron chi connectivity index (χ2n) is 4.97. The molecule has 1 unspecified atom stereocenters.